The second-order valence-corrected chi connectivity index (χ2v) is 9.66. The molecule has 8 nitrogen and oxygen atoms in total. The van der Waals surface area contributed by atoms with Crippen molar-refractivity contribution in [3.63, 3.8) is 0 Å². The molecule has 1 aliphatic carbocycles. The molecule has 2 aliphatic rings. The van der Waals surface area contributed by atoms with Gasteiger partial charge in [0.05, 0.1) is 23.5 Å². The molecule has 0 aromatic heterocycles. The van der Waals surface area contributed by atoms with E-state index in [0.29, 0.717) is 22.6 Å². The van der Waals surface area contributed by atoms with E-state index in [4.69, 9.17) is 9.84 Å². The highest BCUT2D eigenvalue weighted by Gasteiger charge is 2.41. The Kier molecular flexibility index (Phi) is 5.62. The Morgan fingerprint density at radius 1 is 1.10 bits per heavy atom. The normalized spacial score (nSPS) is 18.5. The fraction of sp³-hybridized carbons (Fsp3) is 0.364. The van der Waals surface area contributed by atoms with Crippen LogP contribution in [0.15, 0.2) is 47.4 Å². The van der Waals surface area contributed by atoms with Crippen molar-refractivity contribution in [1.29, 1.82) is 0 Å². The molecule has 0 saturated heterocycles. The van der Waals surface area contributed by atoms with Crippen LogP contribution in [0, 0.1) is 5.92 Å². The summed E-state index contributed by atoms with van der Waals surface area (Å²) in [5.41, 5.74) is 0.328. The summed E-state index contributed by atoms with van der Waals surface area (Å²) in [4.78, 5) is 25.3. The quantitative estimate of drug-likeness (QED) is 0.744. The van der Waals surface area contributed by atoms with Crippen LogP contribution >= 0.6 is 0 Å². The average Bonchev–Trinajstić information content (AvgIpc) is 2.77. The first kappa shape index (κ1) is 21.2. The molecular weight excluding hydrogens is 420 g/mol. The van der Waals surface area contributed by atoms with E-state index in [1.54, 1.807) is 12.1 Å². The molecule has 0 radical (unpaired) electrons. The number of rotatable bonds is 5. The van der Waals surface area contributed by atoms with Gasteiger partial charge >= 0.3 is 12.0 Å². The number of carboxylic acids is 1. The van der Waals surface area contributed by atoms with Crippen molar-refractivity contribution in [3.05, 3.63) is 48.0 Å². The van der Waals surface area contributed by atoms with Crippen molar-refractivity contribution in [1.82, 2.24) is 0 Å². The number of hydrogen-bond donors (Lipinski definition) is 1. The molecule has 4 rings (SSSR count). The van der Waals surface area contributed by atoms with Gasteiger partial charge in [0.1, 0.15) is 10.6 Å². The molecular formula is C22H24N2O6S. The number of urea groups is 1. The fourth-order valence-electron chi connectivity index (χ4n) is 4.06. The molecule has 2 aromatic rings. The first-order valence-corrected chi connectivity index (χ1v) is 11.7. The van der Waals surface area contributed by atoms with E-state index < -0.39 is 22.0 Å². The Bertz CT molecular complexity index is 1110. The highest BCUT2D eigenvalue weighted by Crippen LogP contribution is 2.38. The molecule has 1 fully saturated rings. The summed E-state index contributed by atoms with van der Waals surface area (Å²) in [6, 6.07) is 9.02. The van der Waals surface area contributed by atoms with Crippen LogP contribution in [0.5, 0.6) is 5.75 Å². The van der Waals surface area contributed by atoms with Crippen molar-refractivity contribution in [2.24, 2.45) is 5.92 Å². The second kappa shape index (κ2) is 8.22. The molecule has 0 unspecified atom stereocenters. The predicted molar refractivity (Wildman–Crippen MR) is 115 cm³/mol. The zero-order valence-electron chi connectivity index (χ0n) is 17.2. The Morgan fingerprint density at radius 3 is 2.42 bits per heavy atom. The molecule has 2 aromatic carbocycles. The van der Waals surface area contributed by atoms with Gasteiger partial charge in [-0.1, -0.05) is 19.3 Å². The monoisotopic (exact) mass is 444 g/mol. The summed E-state index contributed by atoms with van der Waals surface area (Å²) < 4.78 is 33.0. The highest BCUT2D eigenvalue weighted by molar-refractivity contribution is 7.94. The van der Waals surface area contributed by atoms with E-state index >= 15 is 0 Å². The number of sulfonamides is 1. The maximum Gasteiger partial charge on any atom is 0.342 e. The van der Waals surface area contributed by atoms with Crippen molar-refractivity contribution < 1.29 is 27.9 Å². The van der Waals surface area contributed by atoms with Gasteiger partial charge in [0.25, 0.3) is 10.0 Å². The predicted octanol–water partition coefficient (Wildman–Crippen LogP) is 4.11. The zero-order chi connectivity index (χ0) is 22.2. The lowest BCUT2D eigenvalue weighted by Gasteiger charge is -2.34. The number of anilines is 2. The largest absolute Gasteiger partial charge is 0.493 e. The van der Waals surface area contributed by atoms with Gasteiger partial charge in [0.15, 0.2) is 0 Å². The van der Waals surface area contributed by atoms with Gasteiger partial charge in [-0.05, 0) is 55.2 Å². The third kappa shape index (κ3) is 3.97. The molecule has 1 N–H and O–H groups in total. The Hall–Kier alpha value is -3.07. The maximum atomic E-state index is 13.2. The fourth-order valence-corrected chi connectivity index (χ4v) is 5.69. The van der Waals surface area contributed by atoms with Crippen molar-refractivity contribution in [2.75, 3.05) is 22.9 Å². The number of ether oxygens (including phenoxy) is 1. The van der Waals surface area contributed by atoms with Crippen LogP contribution in [0.3, 0.4) is 0 Å². The Labute approximate surface area is 181 Å². The number of benzene rings is 2. The van der Waals surface area contributed by atoms with Crippen LogP contribution in [0.4, 0.5) is 16.2 Å². The molecule has 1 aliphatic heterocycles. The molecule has 0 atom stereocenters. The van der Waals surface area contributed by atoms with Crippen molar-refractivity contribution in [2.45, 2.75) is 37.0 Å². The van der Waals surface area contributed by atoms with Gasteiger partial charge < -0.3 is 9.84 Å². The number of hydrogen-bond acceptors (Lipinski definition) is 5. The lowest BCUT2D eigenvalue weighted by atomic mass is 9.90. The van der Waals surface area contributed by atoms with Gasteiger partial charge in [-0.15, -0.1) is 0 Å². The third-order valence-electron chi connectivity index (χ3n) is 5.83. The lowest BCUT2D eigenvalue weighted by molar-refractivity contribution is 0.0697. The molecule has 0 bridgehead atoms. The summed E-state index contributed by atoms with van der Waals surface area (Å²) in [5, 5.41) is 9.05. The third-order valence-corrected chi connectivity index (χ3v) is 7.58. The summed E-state index contributed by atoms with van der Waals surface area (Å²) in [5.74, 6) is -0.113. The van der Waals surface area contributed by atoms with E-state index in [-0.39, 0.29) is 21.8 Å². The minimum Gasteiger partial charge on any atom is -0.493 e. The highest BCUT2D eigenvalue weighted by atomic mass is 32.2. The van der Waals surface area contributed by atoms with Gasteiger partial charge in [0, 0.05) is 13.1 Å². The van der Waals surface area contributed by atoms with E-state index in [1.807, 2.05) is 0 Å². The first-order valence-electron chi connectivity index (χ1n) is 10.2. The van der Waals surface area contributed by atoms with E-state index in [2.05, 4.69) is 0 Å². The number of carboxylic acid groups (broad SMARTS) is 1. The van der Waals surface area contributed by atoms with Gasteiger partial charge in [-0.25, -0.2) is 18.0 Å². The molecule has 31 heavy (non-hydrogen) atoms. The van der Waals surface area contributed by atoms with Crippen molar-refractivity contribution in [3.8, 4) is 5.75 Å². The molecule has 1 saturated carbocycles. The van der Waals surface area contributed by atoms with Crippen LogP contribution < -0.4 is 13.9 Å². The number of nitrogens with zero attached hydrogens (tertiary/aromatic N) is 2. The SMILES string of the molecule is CN1C(=O)N(c2ccc(C(=O)O)cc2)S(=O)(=O)c2ccc(OCC3CCCCC3)cc21. The van der Waals surface area contributed by atoms with Crippen molar-refractivity contribution >= 4 is 33.4 Å². The number of amides is 2. The molecule has 2 amide bonds. The van der Waals surface area contributed by atoms with E-state index in [1.165, 1.54) is 61.5 Å². The van der Waals surface area contributed by atoms with Gasteiger partial charge in [0.2, 0.25) is 0 Å². The van der Waals surface area contributed by atoms with Crippen LogP contribution in [-0.2, 0) is 10.0 Å². The molecule has 0 spiro atoms. The summed E-state index contributed by atoms with van der Waals surface area (Å²) >= 11 is 0. The standard InChI is InChI=1S/C22H24N2O6S/c1-23-19-13-18(30-14-15-5-3-2-4-6-15)11-12-20(19)31(28,29)24(22(23)27)17-9-7-16(8-10-17)21(25)26/h7-13,15H,2-6,14H2,1H3,(H,25,26). The van der Waals surface area contributed by atoms with E-state index in [9.17, 15) is 18.0 Å². The minimum atomic E-state index is -4.16. The first-order chi connectivity index (χ1) is 14.8. The topological polar surface area (TPSA) is 104 Å². The summed E-state index contributed by atoms with van der Waals surface area (Å²) in [7, 11) is -2.66. The van der Waals surface area contributed by atoms with Crippen LogP contribution in [0.1, 0.15) is 42.5 Å². The van der Waals surface area contributed by atoms with Gasteiger partial charge in [-0.2, -0.15) is 4.31 Å². The number of fused-ring (bicyclic) bond motifs is 1. The van der Waals surface area contributed by atoms with Crippen LogP contribution in [0.2, 0.25) is 0 Å². The Balaban J connectivity index is 1.62. The Morgan fingerprint density at radius 2 is 1.77 bits per heavy atom. The smallest absolute Gasteiger partial charge is 0.342 e. The minimum absolute atomic E-state index is 0.000817. The van der Waals surface area contributed by atoms with Crippen LogP contribution in [0.25, 0.3) is 0 Å². The summed E-state index contributed by atoms with van der Waals surface area (Å²) in [6.07, 6.45) is 5.93. The second-order valence-electron chi connectivity index (χ2n) is 7.91. The number of carbonyl (C=O) groups is 2. The molecule has 1 heterocycles. The van der Waals surface area contributed by atoms with Gasteiger partial charge in [-0.3, -0.25) is 4.90 Å². The number of carbonyl (C=O) groups excluding carboxylic acids is 1. The summed E-state index contributed by atoms with van der Waals surface area (Å²) in [6.45, 7) is 0.575. The molecule has 164 valence electrons. The number of aromatic carboxylic acids is 1. The average molecular weight is 445 g/mol. The zero-order valence-corrected chi connectivity index (χ0v) is 18.0. The van der Waals surface area contributed by atoms with E-state index in [0.717, 1.165) is 12.8 Å². The lowest BCUT2D eigenvalue weighted by Crippen LogP contribution is -2.49. The molecule has 9 heteroatoms. The maximum absolute atomic E-state index is 13.2. The van der Waals surface area contributed by atoms with Crippen LogP contribution in [-0.4, -0.2) is 39.2 Å².